The van der Waals surface area contributed by atoms with Crippen LogP contribution in [0.25, 0.3) is 0 Å². The van der Waals surface area contributed by atoms with Gasteiger partial charge in [0.25, 0.3) is 0 Å². The molecule has 0 bridgehead atoms. The fourth-order valence-corrected chi connectivity index (χ4v) is 1.05. The minimum atomic E-state index is 0.663. The Morgan fingerprint density at radius 3 is 2.75 bits per heavy atom. The fourth-order valence-electron chi connectivity index (χ4n) is 1.05. The number of benzene rings is 1. The summed E-state index contributed by atoms with van der Waals surface area (Å²) in [7, 11) is 1.61. The van der Waals surface area contributed by atoms with Gasteiger partial charge in [0.2, 0.25) is 0 Å². The molecule has 0 spiro atoms. The van der Waals surface area contributed by atoms with Crippen LogP contribution in [0.5, 0.6) is 5.75 Å². The molecular formula is C9H14N2O. The number of nitrogen functional groups attached to an aromatic ring is 1. The Kier molecular flexibility index (Phi) is 2.80. The maximum Gasteiger partial charge on any atom is 0.141 e. The van der Waals surface area contributed by atoms with Crippen molar-refractivity contribution >= 4 is 11.4 Å². The molecule has 12 heavy (non-hydrogen) atoms. The van der Waals surface area contributed by atoms with Gasteiger partial charge in [0, 0.05) is 12.2 Å². The molecule has 3 nitrogen and oxygen atoms in total. The molecule has 3 heteroatoms. The minimum absolute atomic E-state index is 0.663. The normalized spacial score (nSPS) is 9.50. The van der Waals surface area contributed by atoms with E-state index < -0.39 is 0 Å². The first-order valence-electron chi connectivity index (χ1n) is 3.95. The number of rotatable bonds is 3. The molecule has 1 rings (SSSR count). The van der Waals surface area contributed by atoms with Crippen LogP contribution < -0.4 is 15.8 Å². The van der Waals surface area contributed by atoms with Crippen LogP contribution in [0.15, 0.2) is 18.2 Å². The van der Waals surface area contributed by atoms with Crippen LogP contribution in [0.2, 0.25) is 0 Å². The van der Waals surface area contributed by atoms with E-state index in [0.717, 1.165) is 18.0 Å². The number of anilines is 2. The van der Waals surface area contributed by atoms with Crippen LogP contribution >= 0.6 is 0 Å². The highest BCUT2D eigenvalue weighted by atomic mass is 16.5. The lowest BCUT2D eigenvalue weighted by atomic mass is 10.2. The van der Waals surface area contributed by atoms with E-state index >= 15 is 0 Å². The molecule has 0 heterocycles. The van der Waals surface area contributed by atoms with Crippen molar-refractivity contribution in [3.8, 4) is 5.75 Å². The average molecular weight is 166 g/mol. The van der Waals surface area contributed by atoms with Gasteiger partial charge in [-0.05, 0) is 25.1 Å². The standard InChI is InChI=1S/C9H14N2O/c1-3-11-7-4-5-9(12-2)8(10)6-7/h4-6,11H,3,10H2,1-2H3. The van der Waals surface area contributed by atoms with Crippen LogP contribution in [-0.2, 0) is 0 Å². The lowest BCUT2D eigenvalue weighted by molar-refractivity contribution is 0.417. The molecule has 0 saturated heterocycles. The predicted octanol–water partition coefficient (Wildman–Crippen LogP) is 1.71. The molecule has 0 amide bonds. The maximum absolute atomic E-state index is 5.70. The first-order valence-corrected chi connectivity index (χ1v) is 3.95. The fraction of sp³-hybridized carbons (Fsp3) is 0.333. The molecule has 1 aromatic carbocycles. The predicted molar refractivity (Wildman–Crippen MR) is 51.6 cm³/mol. The third-order valence-corrected chi connectivity index (χ3v) is 1.61. The van der Waals surface area contributed by atoms with Crippen LogP contribution in [0.3, 0.4) is 0 Å². The van der Waals surface area contributed by atoms with Gasteiger partial charge in [0.1, 0.15) is 5.75 Å². The molecule has 0 aliphatic carbocycles. The number of ether oxygens (including phenoxy) is 1. The second-order valence-electron chi connectivity index (χ2n) is 2.49. The second-order valence-corrected chi connectivity index (χ2v) is 2.49. The highest BCUT2D eigenvalue weighted by Crippen LogP contribution is 2.24. The van der Waals surface area contributed by atoms with Crippen molar-refractivity contribution in [2.24, 2.45) is 0 Å². The van der Waals surface area contributed by atoms with Crippen molar-refractivity contribution in [1.82, 2.24) is 0 Å². The van der Waals surface area contributed by atoms with E-state index in [1.807, 2.05) is 25.1 Å². The van der Waals surface area contributed by atoms with Gasteiger partial charge in [-0.1, -0.05) is 0 Å². The Morgan fingerprint density at radius 2 is 2.25 bits per heavy atom. The summed E-state index contributed by atoms with van der Waals surface area (Å²) in [6.45, 7) is 2.94. The third-order valence-electron chi connectivity index (χ3n) is 1.61. The zero-order valence-corrected chi connectivity index (χ0v) is 7.42. The molecule has 0 fully saturated rings. The van der Waals surface area contributed by atoms with Crippen LogP contribution in [0.1, 0.15) is 6.92 Å². The highest BCUT2D eigenvalue weighted by molar-refractivity contribution is 5.62. The van der Waals surface area contributed by atoms with E-state index in [0.29, 0.717) is 5.69 Å². The zero-order valence-electron chi connectivity index (χ0n) is 7.42. The van der Waals surface area contributed by atoms with E-state index in [2.05, 4.69) is 5.32 Å². The van der Waals surface area contributed by atoms with Crippen LogP contribution in [0.4, 0.5) is 11.4 Å². The molecule has 0 aliphatic heterocycles. The molecular weight excluding hydrogens is 152 g/mol. The summed E-state index contributed by atoms with van der Waals surface area (Å²) in [5.41, 5.74) is 7.38. The maximum atomic E-state index is 5.70. The van der Waals surface area contributed by atoms with E-state index in [4.69, 9.17) is 10.5 Å². The van der Waals surface area contributed by atoms with Gasteiger partial charge >= 0.3 is 0 Å². The topological polar surface area (TPSA) is 47.3 Å². The molecule has 0 radical (unpaired) electrons. The van der Waals surface area contributed by atoms with Crippen molar-refractivity contribution in [1.29, 1.82) is 0 Å². The molecule has 3 N–H and O–H groups in total. The molecule has 0 aliphatic rings. The number of hydrogen-bond donors (Lipinski definition) is 2. The van der Waals surface area contributed by atoms with Gasteiger partial charge in [-0.3, -0.25) is 0 Å². The van der Waals surface area contributed by atoms with Gasteiger partial charge in [-0.15, -0.1) is 0 Å². The lowest BCUT2D eigenvalue weighted by Gasteiger charge is -2.07. The van der Waals surface area contributed by atoms with Crippen molar-refractivity contribution in [2.45, 2.75) is 6.92 Å². The average Bonchev–Trinajstić information content (AvgIpc) is 2.05. The second kappa shape index (κ2) is 3.85. The summed E-state index contributed by atoms with van der Waals surface area (Å²) < 4.78 is 5.03. The lowest BCUT2D eigenvalue weighted by Crippen LogP contribution is -1.98. The van der Waals surface area contributed by atoms with Gasteiger partial charge in [-0.2, -0.15) is 0 Å². The SMILES string of the molecule is CCNc1ccc(OC)c(N)c1. The largest absolute Gasteiger partial charge is 0.495 e. The van der Waals surface area contributed by atoms with Crippen molar-refractivity contribution in [3.63, 3.8) is 0 Å². The minimum Gasteiger partial charge on any atom is -0.495 e. The van der Waals surface area contributed by atoms with Gasteiger partial charge < -0.3 is 15.8 Å². The quantitative estimate of drug-likeness (QED) is 0.672. The summed E-state index contributed by atoms with van der Waals surface area (Å²) >= 11 is 0. The van der Waals surface area contributed by atoms with Crippen LogP contribution in [0, 0.1) is 0 Å². The summed E-state index contributed by atoms with van der Waals surface area (Å²) in [6.07, 6.45) is 0. The number of nitrogens with one attached hydrogen (secondary N) is 1. The van der Waals surface area contributed by atoms with Gasteiger partial charge in [0.15, 0.2) is 0 Å². The Labute approximate surface area is 72.5 Å². The monoisotopic (exact) mass is 166 g/mol. The summed E-state index contributed by atoms with van der Waals surface area (Å²) in [5, 5.41) is 3.16. The van der Waals surface area contributed by atoms with Crippen molar-refractivity contribution < 1.29 is 4.74 Å². The molecule has 0 unspecified atom stereocenters. The first kappa shape index (κ1) is 8.71. The Bertz CT molecular complexity index is 261. The molecule has 0 atom stereocenters. The summed E-state index contributed by atoms with van der Waals surface area (Å²) in [4.78, 5) is 0. The first-order chi connectivity index (χ1) is 5.77. The summed E-state index contributed by atoms with van der Waals surface area (Å²) in [5.74, 6) is 0.719. The summed E-state index contributed by atoms with van der Waals surface area (Å²) in [6, 6.07) is 5.66. The Morgan fingerprint density at radius 1 is 1.50 bits per heavy atom. The van der Waals surface area contributed by atoms with Crippen LogP contribution in [-0.4, -0.2) is 13.7 Å². The van der Waals surface area contributed by atoms with Crippen molar-refractivity contribution in [3.05, 3.63) is 18.2 Å². The molecule has 66 valence electrons. The van der Waals surface area contributed by atoms with E-state index in [9.17, 15) is 0 Å². The van der Waals surface area contributed by atoms with Crippen molar-refractivity contribution in [2.75, 3.05) is 24.7 Å². The third kappa shape index (κ3) is 1.81. The van der Waals surface area contributed by atoms with E-state index in [-0.39, 0.29) is 0 Å². The molecule has 1 aromatic rings. The zero-order chi connectivity index (χ0) is 8.97. The smallest absolute Gasteiger partial charge is 0.141 e. The number of nitrogens with two attached hydrogens (primary N) is 1. The van der Waals surface area contributed by atoms with E-state index in [1.165, 1.54) is 0 Å². The number of hydrogen-bond acceptors (Lipinski definition) is 3. The van der Waals surface area contributed by atoms with E-state index in [1.54, 1.807) is 7.11 Å². The molecule has 0 aromatic heterocycles. The Hall–Kier alpha value is -1.38. The van der Waals surface area contributed by atoms with Gasteiger partial charge in [0.05, 0.1) is 12.8 Å². The Balaban J connectivity index is 2.86. The molecule has 0 saturated carbocycles. The van der Waals surface area contributed by atoms with Gasteiger partial charge in [-0.25, -0.2) is 0 Å². The highest BCUT2D eigenvalue weighted by Gasteiger charge is 1.98. The number of methoxy groups -OCH3 is 1.